The van der Waals surface area contributed by atoms with E-state index in [0.717, 1.165) is 31.6 Å². The molecular weight excluding hydrogens is 290 g/mol. The van der Waals surface area contributed by atoms with E-state index in [4.69, 9.17) is 4.74 Å². The first-order valence-electron chi connectivity index (χ1n) is 8.39. The largest absolute Gasteiger partial charge is 0.444 e. The fourth-order valence-electron chi connectivity index (χ4n) is 2.94. The molecular formula is C18H29N3O2. The van der Waals surface area contributed by atoms with Crippen LogP contribution < -0.4 is 0 Å². The Morgan fingerprint density at radius 1 is 1.43 bits per heavy atom. The van der Waals surface area contributed by atoms with Crippen molar-refractivity contribution < 1.29 is 9.53 Å². The van der Waals surface area contributed by atoms with Crippen LogP contribution in [0.1, 0.15) is 52.3 Å². The minimum absolute atomic E-state index is 0.185. The molecule has 128 valence electrons. The highest BCUT2D eigenvalue weighted by Gasteiger charge is 2.31. The van der Waals surface area contributed by atoms with E-state index in [0.29, 0.717) is 0 Å². The lowest BCUT2D eigenvalue weighted by atomic mass is 10.0. The molecule has 2 heterocycles. The zero-order chi connectivity index (χ0) is 17.0. The highest BCUT2D eigenvalue weighted by molar-refractivity contribution is 5.68. The molecule has 0 radical (unpaired) electrons. The third-order valence-electron chi connectivity index (χ3n) is 4.32. The van der Waals surface area contributed by atoms with Crippen LogP contribution in [0.15, 0.2) is 24.4 Å². The number of likely N-dealkylation sites (N-methyl/N-ethyl adjacent to an activating group) is 1. The zero-order valence-corrected chi connectivity index (χ0v) is 15.0. The van der Waals surface area contributed by atoms with E-state index in [1.807, 2.05) is 46.1 Å². The molecule has 0 N–H and O–H groups in total. The van der Waals surface area contributed by atoms with Gasteiger partial charge in [-0.25, -0.2) is 4.79 Å². The summed E-state index contributed by atoms with van der Waals surface area (Å²) in [6, 6.07) is 6.46. The number of rotatable bonds is 3. The van der Waals surface area contributed by atoms with Crippen molar-refractivity contribution in [2.45, 2.75) is 58.2 Å². The molecule has 1 saturated heterocycles. The predicted octanol–water partition coefficient (Wildman–Crippen LogP) is 3.47. The minimum atomic E-state index is -0.457. The number of ether oxygens (including phenoxy) is 1. The number of hydrogen-bond donors (Lipinski definition) is 0. The zero-order valence-electron chi connectivity index (χ0n) is 15.0. The van der Waals surface area contributed by atoms with Crippen molar-refractivity contribution in [1.82, 2.24) is 14.8 Å². The van der Waals surface area contributed by atoms with Crippen LogP contribution >= 0.6 is 0 Å². The van der Waals surface area contributed by atoms with Gasteiger partial charge in [-0.2, -0.15) is 0 Å². The Kier molecular flexibility index (Phi) is 5.63. The summed E-state index contributed by atoms with van der Waals surface area (Å²) in [5, 5.41) is 0. The molecule has 0 spiro atoms. The van der Waals surface area contributed by atoms with Crippen molar-refractivity contribution in [1.29, 1.82) is 0 Å². The van der Waals surface area contributed by atoms with Crippen LogP contribution in [-0.2, 0) is 4.74 Å². The van der Waals surface area contributed by atoms with Crippen LogP contribution in [0, 0.1) is 0 Å². The molecule has 1 aromatic heterocycles. The van der Waals surface area contributed by atoms with Crippen molar-refractivity contribution in [2.24, 2.45) is 0 Å². The summed E-state index contributed by atoms with van der Waals surface area (Å²) in [6.45, 7) is 9.77. The average molecular weight is 319 g/mol. The lowest BCUT2D eigenvalue weighted by molar-refractivity contribution is 0.0104. The van der Waals surface area contributed by atoms with Gasteiger partial charge in [0.05, 0.1) is 5.69 Å². The second-order valence-corrected chi connectivity index (χ2v) is 7.31. The molecule has 5 nitrogen and oxygen atoms in total. The molecule has 1 amide bonds. The highest BCUT2D eigenvalue weighted by atomic mass is 16.6. The molecule has 2 atom stereocenters. The Morgan fingerprint density at radius 3 is 2.78 bits per heavy atom. The van der Waals surface area contributed by atoms with E-state index in [2.05, 4.69) is 22.9 Å². The number of nitrogens with zero attached hydrogens (tertiary/aromatic N) is 3. The molecule has 1 fully saturated rings. The lowest BCUT2D eigenvalue weighted by Gasteiger charge is -2.40. The van der Waals surface area contributed by atoms with E-state index in [-0.39, 0.29) is 18.2 Å². The van der Waals surface area contributed by atoms with Gasteiger partial charge in [-0.05, 0) is 59.2 Å². The maximum absolute atomic E-state index is 12.3. The van der Waals surface area contributed by atoms with Crippen LogP contribution in [0.3, 0.4) is 0 Å². The molecule has 0 unspecified atom stereocenters. The van der Waals surface area contributed by atoms with Crippen LogP contribution in [0.5, 0.6) is 0 Å². The van der Waals surface area contributed by atoms with E-state index < -0.39 is 5.60 Å². The van der Waals surface area contributed by atoms with E-state index in [1.165, 1.54) is 0 Å². The topological polar surface area (TPSA) is 45.7 Å². The summed E-state index contributed by atoms with van der Waals surface area (Å²) in [5.74, 6) is 0. The molecule has 1 aromatic rings. The molecule has 0 aliphatic carbocycles. The first kappa shape index (κ1) is 17.7. The second kappa shape index (κ2) is 7.30. The van der Waals surface area contributed by atoms with Gasteiger partial charge in [0.25, 0.3) is 0 Å². The van der Waals surface area contributed by atoms with Crippen molar-refractivity contribution in [2.75, 3.05) is 20.1 Å². The minimum Gasteiger partial charge on any atom is -0.444 e. The molecule has 0 saturated carbocycles. The number of likely N-dealkylation sites (tertiary alicyclic amines) is 1. The molecule has 5 heteroatoms. The smallest absolute Gasteiger partial charge is 0.410 e. The van der Waals surface area contributed by atoms with Crippen molar-refractivity contribution in [3.63, 3.8) is 0 Å². The predicted molar refractivity (Wildman–Crippen MR) is 91.2 cm³/mol. The van der Waals surface area contributed by atoms with Gasteiger partial charge in [0.1, 0.15) is 5.60 Å². The maximum atomic E-state index is 12.3. The van der Waals surface area contributed by atoms with E-state index in [1.54, 1.807) is 4.90 Å². The number of pyridine rings is 1. The summed E-state index contributed by atoms with van der Waals surface area (Å²) in [6.07, 6.45) is 3.69. The third kappa shape index (κ3) is 4.93. The van der Waals surface area contributed by atoms with Crippen molar-refractivity contribution in [3.8, 4) is 0 Å². The van der Waals surface area contributed by atoms with Gasteiger partial charge in [-0.1, -0.05) is 6.07 Å². The maximum Gasteiger partial charge on any atom is 0.410 e. The summed E-state index contributed by atoms with van der Waals surface area (Å²) in [7, 11) is 1.84. The summed E-state index contributed by atoms with van der Waals surface area (Å²) < 4.78 is 5.49. The normalized spacial score (nSPS) is 20.8. The molecule has 23 heavy (non-hydrogen) atoms. The van der Waals surface area contributed by atoms with Crippen LogP contribution in [0.25, 0.3) is 0 Å². The van der Waals surface area contributed by atoms with Crippen LogP contribution in [0.2, 0.25) is 0 Å². The number of hydrogen-bond acceptors (Lipinski definition) is 4. The fraction of sp³-hybridized carbons (Fsp3) is 0.667. The molecule has 1 aliphatic rings. The fourth-order valence-corrected chi connectivity index (χ4v) is 2.94. The van der Waals surface area contributed by atoms with Gasteiger partial charge in [0, 0.05) is 31.9 Å². The van der Waals surface area contributed by atoms with Gasteiger partial charge in [-0.3, -0.25) is 9.88 Å². The van der Waals surface area contributed by atoms with E-state index >= 15 is 0 Å². The lowest BCUT2D eigenvalue weighted by Crippen LogP contribution is -2.50. The number of aromatic nitrogens is 1. The Hall–Kier alpha value is -1.62. The Bertz CT molecular complexity index is 513. The van der Waals surface area contributed by atoms with Gasteiger partial charge in [0.2, 0.25) is 0 Å². The number of carbonyl (C=O) groups excluding carboxylic acids is 1. The van der Waals surface area contributed by atoms with Crippen LogP contribution in [0.4, 0.5) is 4.79 Å². The quantitative estimate of drug-likeness (QED) is 0.856. The Labute approximate surface area is 139 Å². The van der Waals surface area contributed by atoms with Crippen molar-refractivity contribution >= 4 is 6.09 Å². The van der Waals surface area contributed by atoms with Gasteiger partial charge in [0.15, 0.2) is 0 Å². The first-order chi connectivity index (χ1) is 10.8. The summed E-state index contributed by atoms with van der Waals surface area (Å²) >= 11 is 0. The standard InChI is InChI=1S/C18H29N3O2/c1-14(16-10-6-7-11-19-16)21-12-8-9-15(13-21)20(5)17(22)23-18(2,3)4/h6-7,10-11,14-15H,8-9,12-13H2,1-5H3/t14-,15-/m0/s1. The average Bonchev–Trinajstić information content (AvgIpc) is 2.52. The first-order valence-corrected chi connectivity index (χ1v) is 8.39. The highest BCUT2D eigenvalue weighted by Crippen LogP contribution is 2.25. The number of piperidine rings is 1. The van der Waals surface area contributed by atoms with Gasteiger partial charge in [-0.15, -0.1) is 0 Å². The number of amides is 1. The van der Waals surface area contributed by atoms with Crippen LogP contribution in [-0.4, -0.2) is 52.7 Å². The second-order valence-electron chi connectivity index (χ2n) is 7.31. The summed E-state index contributed by atoms with van der Waals surface area (Å²) in [5.41, 5.74) is 0.620. The van der Waals surface area contributed by atoms with Gasteiger partial charge < -0.3 is 9.64 Å². The van der Waals surface area contributed by atoms with Crippen molar-refractivity contribution in [3.05, 3.63) is 30.1 Å². The molecule has 1 aliphatic heterocycles. The van der Waals surface area contributed by atoms with Gasteiger partial charge >= 0.3 is 6.09 Å². The van der Waals surface area contributed by atoms with E-state index in [9.17, 15) is 4.79 Å². The molecule has 0 bridgehead atoms. The molecule has 0 aromatic carbocycles. The molecule has 2 rings (SSSR count). The monoisotopic (exact) mass is 319 g/mol. The number of carbonyl (C=O) groups is 1. The third-order valence-corrected chi connectivity index (χ3v) is 4.32. The Balaban J connectivity index is 1.99. The Morgan fingerprint density at radius 2 is 2.17 bits per heavy atom. The SMILES string of the molecule is C[C@@H](c1ccccn1)N1CCC[C@H](N(C)C(=O)OC(C)(C)C)C1. The summed E-state index contributed by atoms with van der Waals surface area (Å²) in [4.78, 5) is 20.9.